The minimum Gasteiger partial charge on any atom is -1.00 e. The first-order valence-corrected chi connectivity index (χ1v) is 9.70. The molecular weight excluding hydrogens is 457 g/mol. The first-order valence-electron chi connectivity index (χ1n) is 8.95. The number of hydrogen-bond acceptors (Lipinski definition) is 1. The van der Waals surface area contributed by atoms with Crippen LogP contribution in [-0.4, -0.2) is 11.1 Å². The zero-order chi connectivity index (χ0) is 19.4. The highest BCUT2D eigenvalue weighted by atomic mass is 79.9. The summed E-state index contributed by atoms with van der Waals surface area (Å²) in [4.78, 5) is 2.05. The summed E-state index contributed by atoms with van der Waals surface area (Å²) in [5, 5.41) is 1.13. The quantitative estimate of drug-likeness (QED) is 0.391. The van der Waals surface area contributed by atoms with Gasteiger partial charge < -0.3 is 21.9 Å². The van der Waals surface area contributed by atoms with E-state index in [4.69, 9.17) is 29.6 Å². The fourth-order valence-corrected chi connectivity index (χ4v) is 3.62. The molecule has 1 aromatic heterocycles. The van der Waals surface area contributed by atoms with Crippen molar-refractivity contribution in [3.63, 3.8) is 0 Å². The van der Waals surface area contributed by atoms with Gasteiger partial charge in [0.2, 0.25) is 0 Å². The van der Waals surface area contributed by atoms with Crippen LogP contribution in [0.5, 0.6) is 0 Å². The number of anilines is 1. The second-order valence-corrected chi connectivity index (χ2v) is 6.90. The van der Waals surface area contributed by atoms with Gasteiger partial charge >= 0.3 is 0 Å². The number of rotatable bonds is 6. The lowest BCUT2D eigenvalue weighted by atomic mass is 10.3. The molecule has 0 amide bonds. The van der Waals surface area contributed by atoms with Crippen molar-refractivity contribution in [2.24, 2.45) is 0 Å². The first kappa shape index (κ1) is 22.4. The smallest absolute Gasteiger partial charge is 0.283 e. The lowest BCUT2D eigenvalue weighted by molar-refractivity contribution is -0.670. The van der Waals surface area contributed by atoms with Crippen LogP contribution in [0.15, 0.2) is 48.7 Å². The van der Waals surface area contributed by atoms with E-state index in [2.05, 4.69) is 39.9 Å². The van der Waals surface area contributed by atoms with E-state index in [1.54, 1.807) is 0 Å². The van der Waals surface area contributed by atoms with Crippen LogP contribution >= 0.6 is 23.2 Å². The summed E-state index contributed by atoms with van der Waals surface area (Å²) in [5.41, 5.74) is 3.19. The molecule has 0 aliphatic heterocycles. The van der Waals surface area contributed by atoms with Gasteiger partial charge in [-0.1, -0.05) is 47.3 Å². The number of para-hydroxylation sites is 1. The minimum absolute atomic E-state index is 0. The molecule has 0 saturated carbocycles. The van der Waals surface area contributed by atoms with E-state index in [0.29, 0.717) is 16.6 Å². The number of terminal acetylenes is 1. The van der Waals surface area contributed by atoms with Crippen molar-refractivity contribution in [2.45, 2.75) is 26.9 Å². The average molecular weight is 479 g/mol. The van der Waals surface area contributed by atoms with E-state index >= 15 is 0 Å². The molecule has 0 unspecified atom stereocenters. The van der Waals surface area contributed by atoms with Crippen LogP contribution in [0.2, 0.25) is 10.0 Å². The van der Waals surface area contributed by atoms with Gasteiger partial charge in [0, 0.05) is 30.1 Å². The summed E-state index contributed by atoms with van der Waals surface area (Å²) in [6.07, 6.45) is 9.71. The summed E-state index contributed by atoms with van der Waals surface area (Å²) in [7, 11) is 0. The topological polar surface area (TPSA) is 12.1 Å². The number of benzene rings is 2. The Kier molecular flexibility index (Phi) is 8.00. The van der Waals surface area contributed by atoms with Gasteiger partial charge in [0.25, 0.3) is 5.82 Å². The first-order chi connectivity index (χ1) is 13.1. The van der Waals surface area contributed by atoms with E-state index in [0.717, 1.165) is 35.6 Å². The van der Waals surface area contributed by atoms with Gasteiger partial charge in [0.1, 0.15) is 0 Å². The minimum atomic E-state index is 0. The number of fused-ring (bicyclic) bond motifs is 1. The Morgan fingerprint density at radius 1 is 1.14 bits per heavy atom. The van der Waals surface area contributed by atoms with Gasteiger partial charge in [-0.2, -0.15) is 0 Å². The zero-order valence-electron chi connectivity index (χ0n) is 15.9. The Balaban J connectivity index is 0.00000280. The molecule has 0 aliphatic rings. The second kappa shape index (κ2) is 10.0. The summed E-state index contributed by atoms with van der Waals surface area (Å²) in [6, 6.07) is 14.0. The van der Waals surface area contributed by atoms with E-state index in [9.17, 15) is 0 Å². The largest absolute Gasteiger partial charge is 1.00 e. The predicted octanol–water partition coefficient (Wildman–Crippen LogP) is 2.39. The Morgan fingerprint density at radius 2 is 1.82 bits per heavy atom. The SMILES string of the molecule is C#CCN(/C=C/c1n(CC)c2cc(Cl)c(Cl)cc2[n+]1CC)c1ccccc1.[Br-]. The van der Waals surface area contributed by atoms with Gasteiger partial charge in [0.05, 0.1) is 29.7 Å². The van der Waals surface area contributed by atoms with E-state index in [1.807, 2.05) is 48.7 Å². The van der Waals surface area contributed by atoms with Crippen molar-refractivity contribution in [1.29, 1.82) is 0 Å². The predicted molar refractivity (Wildman–Crippen MR) is 115 cm³/mol. The lowest BCUT2D eigenvalue weighted by Gasteiger charge is -2.17. The molecular formula is C22H22BrCl2N3. The molecule has 3 nitrogen and oxygen atoms in total. The van der Waals surface area contributed by atoms with Gasteiger partial charge in [-0.3, -0.25) is 0 Å². The van der Waals surface area contributed by atoms with Gasteiger partial charge in [-0.15, -0.1) is 6.42 Å². The molecule has 3 rings (SSSR count). The molecule has 146 valence electrons. The molecule has 0 spiro atoms. The van der Waals surface area contributed by atoms with Crippen molar-refractivity contribution in [2.75, 3.05) is 11.4 Å². The van der Waals surface area contributed by atoms with Gasteiger partial charge in [0.15, 0.2) is 11.0 Å². The van der Waals surface area contributed by atoms with Crippen LogP contribution in [0, 0.1) is 12.3 Å². The lowest BCUT2D eigenvalue weighted by Crippen LogP contribution is -3.00. The Morgan fingerprint density at radius 3 is 2.43 bits per heavy atom. The Hall–Kier alpha value is -1.93. The van der Waals surface area contributed by atoms with Crippen molar-refractivity contribution < 1.29 is 21.5 Å². The highest BCUT2D eigenvalue weighted by Crippen LogP contribution is 2.28. The molecule has 0 saturated heterocycles. The van der Waals surface area contributed by atoms with E-state index < -0.39 is 0 Å². The molecule has 6 heteroatoms. The summed E-state index contributed by atoms with van der Waals surface area (Å²) in [6.45, 7) is 6.38. The molecule has 0 N–H and O–H groups in total. The molecule has 0 atom stereocenters. The van der Waals surface area contributed by atoms with Crippen LogP contribution in [0.1, 0.15) is 19.7 Å². The molecule has 0 fully saturated rings. The molecule has 0 bridgehead atoms. The maximum atomic E-state index is 6.27. The molecule has 0 radical (unpaired) electrons. The monoisotopic (exact) mass is 477 g/mol. The van der Waals surface area contributed by atoms with Crippen molar-refractivity contribution in [3.8, 4) is 12.3 Å². The van der Waals surface area contributed by atoms with Crippen LogP contribution in [0.4, 0.5) is 5.69 Å². The summed E-state index contributed by atoms with van der Waals surface area (Å²) in [5.74, 6) is 3.80. The number of nitrogens with zero attached hydrogens (tertiary/aromatic N) is 3. The second-order valence-electron chi connectivity index (χ2n) is 6.09. The van der Waals surface area contributed by atoms with Crippen LogP contribution < -0.4 is 26.4 Å². The van der Waals surface area contributed by atoms with E-state index in [-0.39, 0.29) is 17.0 Å². The summed E-state index contributed by atoms with van der Waals surface area (Å²) < 4.78 is 4.47. The molecule has 1 heterocycles. The van der Waals surface area contributed by atoms with Crippen LogP contribution in [0.3, 0.4) is 0 Å². The third-order valence-corrected chi connectivity index (χ3v) is 5.26. The Bertz CT molecular complexity index is 973. The maximum Gasteiger partial charge on any atom is 0.283 e. The third-order valence-electron chi connectivity index (χ3n) is 4.54. The molecule has 2 aromatic carbocycles. The fraction of sp³-hybridized carbons (Fsp3) is 0.227. The highest BCUT2D eigenvalue weighted by Gasteiger charge is 2.23. The van der Waals surface area contributed by atoms with Gasteiger partial charge in [-0.05, 0) is 26.0 Å². The zero-order valence-corrected chi connectivity index (χ0v) is 19.0. The normalized spacial score (nSPS) is 10.8. The highest BCUT2D eigenvalue weighted by molar-refractivity contribution is 6.42. The number of imidazole rings is 1. The number of hydrogen-bond donors (Lipinski definition) is 0. The molecule has 0 aliphatic carbocycles. The van der Waals surface area contributed by atoms with Crippen molar-refractivity contribution in [1.82, 2.24) is 4.57 Å². The summed E-state index contributed by atoms with van der Waals surface area (Å²) >= 11 is 12.5. The molecule has 3 aromatic rings. The number of aromatic nitrogens is 2. The standard InChI is InChI=1S/C22H22Cl2N3.BrH/c1-4-13-25(17-10-8-7-9-11-17)14-12-22-26(5-2)20-15-18(23)19(24)16-21(20)27(22)6-3;/h1,7-12,14-16H,5-6,13H2,2-3H3;1H/q+1;/p-1. The number of halogens is 3. The van der Waals surface area contributed by atoms with Crippen molar-refractivity contribution >= 4 is 46.0 Å². The average Bonchev–Trinajstić information content (AvgIpc) is 2.97. The fourth-order valence-electron chi connectivity index (χ4n) is 3.30. The van der Waals surface area contributed by atoms with Gasteiger partial charge in [-0.25, -0.2) is 9.13 Å². The van der Waals surface area contributed by atoms with E-state index in [1.165, 1.54) is 0 Å². The maximum absolute atomic E-state index is 6.27. The van der Waals surface area contributed by atoms with Crippen LogP contribution in [0.25, 0.3) is 17.1 Å². The Labute approximate surface area is 186 Å². The molecule has 28 heavy (non-hydrogen) atoms. The van der Waals surface area contributed by atoms with Crippen molar-refractivity contribution in [3.05, 3.63) is 64.5 Å². The number of aryl methyl sites for hydroxylation is 2. The van der Waals surface area contributed by atoms with Crippen LogP contribution in [-0.2, 0) is 13.1 Å². The third kappa shape index (κ3) is 4.38.